The average molecular weight is 250 g/mol. The van der Waals surface area contributed by atoms with Crippen molar-refractivity contribution in [2.75, 3.05) is 18.9 Å². The molecule has 8 nitrogen and oxygen atoms in total. The molecule has 1 aliphatic rings. The fourth-order valence-corrected chi connectivity index (χ4v) is 2.25. The highest BCUT2D eigenvalue weighted by Crippen LogP contribution is 2.37. The molecule has 0 amide bonds. The summed E-state index contributed by atoms with van der Waals surface area (Å²) in [7, 11) is 0. The van der Waals surface area contributed by atoms with Crippen LogP contribution in [0.5, 0.6) is 0 Å². The van der Waals surface area contributed by atoms with E-state index in [1.807, 2.05) is 0 Å². The number of hydrogen-bond acceptors (Lipinski definition) is 7. The quantitative estimate of drug-likeness (QED) is 0.629. The van der Waals surface area contributed by atoms with Crippen molar-refractivity contribution in [1.29, 1.82) is 0 Å². The maximum Gasteiger partial charge on any atom is 0.167 e. The summed E-state index contributed by atoms with van der Waals surface area (Å²) in [6, 6.07) is 0. The Labute approximate surface area is 103 Å². The molecule has 3 atom stereocenters. The monoisotopic (exact) mass is 250 g/mol. The van der Waals surface area contributed by atoms with Crippen molar-refractivity contribution in [2.24, 2.45) is 11.7 Å². The zero-order valence-electron chi connectivity index (χ0n) is 9.60. The summed E-state index contributed by atoms with van der Waals surface area (Å²) in [6.07, 6.45) is 2.51. The van der Waals surface area contributed by atoms with Crippen LogP contribution in [0.25, 0.3) is 11.2 Å². The second-order valence-corrected chi connectivity index (χ2v) is 4.23. The van der Waals surface area contributed by atoms with Crippen LogP contribution in [0, 0.1) is 5.92 Å². The molecule has 0 spiro atoms. The Balaban J connectivity index is 1.99. The molecule has 0 radical (unpaired) electrons. The fraction of sp³-hybridized carbons (Fsp3) is 0.500. The summed E-state index contributed by atoms with van der Waals surface area (Å²) in [4.78, 5) is 12.2. The molecule has 1 saturated heterocycles. The van der Waals surface area contributed by atoms with Crippen molar-refractivity contribution in [3.05, 3.63) is 12.7 Å². The molecule has 1 fully saturated rings. The Morgan fingerprint density at radius 2 is 2.22 bits per heavy atom. The Kier molecular flexibility index (Phi) is 2.62. The number of ether oxygens (including phenoxy) is 1. The van der Waals surface area contributed by atoms with E-state index in [4.69, 9.17) is 21.3 Å². The maximum absolute atomic E-state index is 9.11. The third-order valence-corrected chi connectivity index (χ3v) is 3.27. The van der Waals surface area contributed by atoms with Crippen LogP contribution < -0.4 is 11.5 Å². The first kappa shape index (κ1) is 11.3. The fourth-order valence-electron chi connectivity index (χ4n) is 2.25. The number of fused-ring (bicyclic) bond motifs is 1. The number of aromatic nitrogens is 4. The Morgan fingerprint density at radius 3 is 2.94 bits per heavy atom. The minimum atomic E-state index is -0.258. The van der Waals surface area contributed by atoms with Gasteiger partial charge in [-0.05, 0) is 0 Å². The molecular weight excluding hydrogens is 236 g/mol. The predicted octanol–water partition coefficient (Wildman–Crippen LogP) is -1.13. The van der Waals surface area contributed by atoms with Crippen molar-refractivity contribution >= 4 is 17.0 Å². The Hall–Kier alpha value is -1.77. The van der Waals surface area contributed by atoms with E-state index in [0.717, 1.165) is 0 Å². The highest BCUT2D eigenvalue weighted by atomic mass is 16.5. The van der Waals surface area contributed by atoms with Crippen LogP contribution in [-0.2, 0) is 4.74 Å². The number of aliphatic hydroxyl groups excluding tert-OH is 1. The van der Waals surface area contributed by atoms with Crippen LogP contribution in [0.15, 0.2) is 12.7 Å². The molecule has 0 bridgehead atoms. The molecule has 0 saturated carbocycles. The van der Waals surface area contributed by atoms with Crippen LogP contribution in [0.2, 0.25) is 0 Å². The molecule has 2 aromatic rings. The molecule has 0 aromatic carbocycles. The number of nitrogens with two attached hydrogens (primary N) is 2. The summed E-state index contributed by atoms with van der Waals surface area (Å²) in [5.74, 6) is 0.379. The van der Waals surface area contributed by atoms with Gasteiger partial charge < -0.3 is 21.3 Å². The van der Waals surface area contributed by atoms with E-state index >= 15 is 0 Å². The lowest BCUT2D eigenvalue weighted by atomic mass is 9.94. The summed E-state index contributed by atoms with van der Waals surface area (Å²) in [5.41, 5.74) is 12.6. The summed E-state index contributed by atoms with van der Waals surface area (Å²) in [5, 5.41) is 9.11. The number of nitrogens with zero attached hydrogens (tertiary/aromatic N) is 4. The zero-order chi connectivity index (χ0) is 12.7. The average Bonchev–Trinajstić information content (AvgIpc) is 2.75. The number of aliphatic hydroxyl groups is 1. The first-order valence-electron chi connectivity index (χ1n) is 5.65. The van der Waals surface area contributed by atoms with Gasteiger partial charge in [0.25, 0.3) is 0 Å². The van der Waals surface area contributed by atoms with Gasteiger partial charge in [0.15, 0.2) is 11.5 Å². The van der Waals surface area contributed by atoms with Gasteiger partial charge in [-0.1, -0.05) is 0 Å². The van der Waals surface area contributed by atoms with Crippen LogP contribution in [0.4, 0.5) is 5.82 Å². The third-order valence-electron chi connectivity index (χ3n) is 3.27. The zero-order valence-corrected chi connectivity index (χ0v) is 9.60. The molecule has 2 aromatic heterocycles. The molecule has 0 aliphatic carbocycles. The maximum atomic E-state index is 9.11. The van der Waals surface area contributed by atoms with Crippen LogP contribution in [0.1, 0.15) is 6.23 Å². The molecule has 8 heteroatoms. The van der Waals surface area contributed by atoms with Gasteiger partial charge in [-0.15, -0.1) is 0 Å². The van der Waals surface area contributed by atoms with E-state index in [2.05, 4.69) is 15.0 Å². The number of rotatable bonds is 3. The number of nitrogen functional groups attached to an aromatic ring is 1. The molecule has 5 N–H and O–H groups in total. The smallest absolute Gasteiger partial charge is 0.167 e. The van der Waals surface area contributed by atoms with Gasteiger partial charge in [-0.25, -0.2) is 15.0 Å². The number of anilines is 1. The van der Waals surface area contributed by atoms with Crippen molar-refractivity contribution in [3.63, 3.8) is 0 Å². The highest BCUT2D eigenvalue weighted by molar-refractivity contribution is 5.81. The van der Waals surface area contributed by atoms with E-state index in [1.165, 1.54) is 6.33 Å². The van der Waals surface area contributed by atoms with Crippen molar-refractivity contribution in [2.45, 2.75) is 12.3 Å². The molecule has 96 valence electrons. The van der Waals surface area contributed by atoms with Gasteiger partial charge in [0.2, 0.25) is 0 Å². The first-order chi connectivity index (χ1) is 8.76. The van der Waals surface area contributed by atoms with Crippen LogP contribution in [-0.4, -0.2) is 43.9 Å². The topological polar surface area (TPSA) is 125 Å². The highest BCUT2D eigenvalue weighted by Gasteiger charge is 2.42. The van der Waals surface area contributed by atoms with E-state index < -0.39 is 0 Å². The number of imidazole rings is 1. The van der Waals surface area contributed by atoms with Gasteiger partial charge in [0.05, 0.1) is 19.0 Å². The van der Waals surface area contributed by atoms with E-state index in [0.29, 0.717) is 23.5 Å². The lowest BCUT2D eigenvalue weighted by Crippen LogP contribution is -2.51. The lowest BCUT2D eigenvalue weighted by Gasteiger charge is -2.43. The van der Waals surface area contributed by atoms with E-state index in [9.17, 15) is 0 Å². The van der Waals surface area contributed by atoms with Crippen molar-refractivity contribution in [3.8, 4) is 0 Å². The van der Waals surface area contributed by atoms with Gasteiger partial charge in [-0.3, -0.25) is 4.57 Å². The van der Waals surface area contributed by atoms with Gasteiger partial charge in [-0.2, -0.15) is 0 Å². The summed E-state index contributed by atoms with van der Waals surface area (Å²) >= 11 is 0. The molecule has 18 heavy (non-hydrogen) atoms. The molecule has 0 unspecified atom stereocenters. The van der Waals surface area contributed by atoms with Crippen LogP contribution >= 0.6 is 0 Å². The summed E-state index contributed by atoms with van der Waals surface area (Å²) < 4.78 is 7.35. The third kappa shape index (κ3) is 1.47. The largest absolute Gasteiger partial charge is 0.394 e. The van der Waals surface area contributed by atoms with Crippen LogP contribution in [0.3, 0.4) is 0 Å². The Morgan fingerprint density at radius 1 is 1.39 bits per heavy atom. The van der Waals surface area contributed by atoms with Gasteiger partial charge >= 0.3 is 0 Å². The summed E-state index contributed by atoms with van der Waals surface area (Å²) in [6.45, 7) is 0.387. The van der Waals surface area contributed by atoms with E-state index in [1.54, 1.807) is 10.9 Å². The predicted molar refractivity (Wildman–Crippen MR) is 63.3 cm³/mol. The Bertz CT molecular complexity index is 570. The molecule has 3 rings (SSSR count). The number of hydrogen-bond donors (Lipinski definition) is 3. The SMILES string of the molecule is NC[C@@H]1[C@H](n2cnc3c(N)ncnc32)O[C@@H]1CO. The standard InChI is InChI=1S/C10H14N6O2/c11-1-5-6(2-17)18-10(5)16-4-15-7-8(12)13-3-14-9(7)16/h3-6,10,17H,1-2,11H2,(H2,12,13,14)/t5-,6+,10+/m0/s1. The minimum absolute atomic E-state index is 0.0396. The molecule has 1 aliphatic heterocycles. The van der Waals surface area contributed by atoms with E-state index in [-0.39, 0.29) is 24.9 Å². The minimum Gasteiger partial charge on any atom is -0.394 e. The van der Waals surface area contributed by atoms with Gasteiger partial charge in [0, 0.05) is 12.5 Å². The second-order valence-electron chi connectivity index (χ2n) is 4.23. The van der Waals surface area contributed by atoms with Crippen molar-refractivity contribution < 1.29 is 9.84 Å². The lowest BCUT2D eigenvalue weighted by molar-refractivity contribution is -0.230. The normalized spacial score (nSPS) is 27.3. The molecule has 3 heterocycles. The van der Waals surface area contributed by atoms with Gasteiger partial charge in [0.1, 0.15) is 18.1 Å². The second kappa shape index (κ2) is 4.16. The molecular formula is C10H14N6O2. The van der Waals surface area contributed by atoms with Crippen molar-refractivity contribution in [1.82, 2.24) is 19.5 Å². The first-order valence-corrected chi connectivity index (χ1v) is 5.65.